The van der Waals surface area contributed by atoms with Crippen LogP contribution in [-0.2, 0) is 11.3 Å². The monoisotopic (exact) mass is 351 g/mol. The second-order valence-corrected chi connectivity index (χ2v) is 7.14. The second-order valence-electron chi connectivity index (χ2n) is 6.26. The second kappa shape index (κ2) is 11.7. The molecule has 136 valence electrons. The van der Waals surface area contributed by atoms with Crippen molar-refractivity contribution in [2.45, 2.75) is 32.7 Å². The van der Waals surface area contributed by atoms with E-state index in [0.717, 1.165) is 52.5 Å². The quantitative estimate of drug-likeness (QED) is 0.487. The predicted molar refractivity (Wildman–Crippen MR) is 106 cm³/mol. The van der Waals surface area contributed by atoms with Gasteiger partial charge in [0.15, 0.2) is 0 Å². The zero-order valence-corrected chi connectivity index (χ0v) is 16.1. The number of hydrogen-bond acceptors (Lipinski definition) is 5. The van der Waals surface area contributed by atoms with Crippen LogP contribution in [0.2, 0.25) is 0 Å². The maximum Gasteiger partial charge on any atom is 0.0591 e. The van der Waals surface area contributed by atoms with Crippen molar-refractivity contribution in [3.8, 4) is 0 Å². The van der Waals surface area contributed by atoms with Crippen molar-refractivity contribution in [3.63, 3.8) is 0 Å². The number of nitrogens with zero attached hydrogens (tertiary/aromatic N) is 2. The first-order chi connectivity index (χ1) is 11.8. The molecule has 0 aliphatic carbocycles. The van der Waals surface area contributed by atoms with Crippen LogP contribution in [-0.4, -0.2) is 56.5 Å². The van der Waals surface area contributed by atoms with Crippen LogP contribution < -0.4 is 10.2 Å². The summed E-state index contributed by atoms with van der Waals surface area (Å²) < 4.78 is 8.04. The van der Waals surface area contributed by atoms with Gasteiger partial charge >= 0.3 is 0 Å². The molecule has 1 N–H and O–H groups in total. The predicted octanol–water partition coefficient (Wildman–Crippen LogP) is 3.38. The molecule has 0 spiro atoms. The zero-order valence-electron chi connectivity index (χ0n) is 15.3. The molecule has 1 heterocycles. The van der Waals surface area contributed by atoms with E-state index in [1.165, 1.54) is 30.5 Å². The minimum atomic E-state index is 0.807. The molecule has 0 radical (unpaired) electrons. The Labute approximate surface area is 152 Å². The fourth-order valence-corrected chi connectivity index (χ4v) is 3.42. The van der Waals surface area contributed by atoms with Crippen LogP contribution in [0.3, 0.4) is 0 Å². The Kier molecular flexibility index (Phi) is 9.58. The smallest absolute Gasteiger partial charge is 0.0591 e. The average Bonchev–Trinajstić information content (AvgIpc) is 2.64. The summed E-state index contributed by atoms with van der Waals surface area (Å²) in [6.45, 7) is 10.3. The van der Waals surface area contributed by atoms with Crippen molar-refractivity contribution < 1.29 is 4.74 Å². The fraction of sp³-hybridized carbons (Fsp3) is 0.684. The van der Waals surface area contributed by atoms with Crippen LogP contribution in [0.15, 0.2) is 24.3 Å². The third kappa shape index (κ3) is 7.01. The number of piperazine rings is 1. The van der Waals surface area contributed by atoms with E-state index in [1.54, 1.807) is 0 Å². The molecule has 0 bridgehead atoms. The minimum Gasteiger partial charge on any atom is -0.380 e. The molecule has 1 aliphatic heterocycles. The highest BCUT2D eigenvalue weighted by Crippen LogP contribution is 2.19. The first-order valence-corrected chi connectivity index (χ1v) is 10.4. The normalized spacial score (nSPS) is 15.8. The summed E-state index contributed by atoms with van der Waals surface area (Å²) in [4.78, 5) is 2.48. The van der Waals surface area contributed by atoms with Crippen molar-refractivity contribution in [3.05, 3.63) is 29.8 Å². The molecule has 0 aromatic heterocycles. The number of nitrogens with one attached hydrogen (secondary N) is 1. The largest absolute Gasteiger partial charge is 0.380 e. The SMILES string of the molecule is CCCCCOCCNCc1ccc(N2CCN(SC)CC2)cc1. The molecule has 5 heteroatoms. The molecule has 1 fully saturated rings. The molecule has 0 unspecified atom stereocenters. The van der Waals surface area contributed by atoms with Crippen LogP contribution in [0.25, 0.3) is 0 Å². The zero-order chi connectivity index (χ0) is 17.0. The number of rotatable bonds is 11. The van der Waals surface area contributed by atoms with Crippen LogP contribution in [0.5, 0.6) is 0 Å². The van der Waals surface area contributed by atoms with E-state index in [-0.39, 0.29) is 0 Å². The maximum absolute atomic E-state index is 5.62. The Hall–Kier alpha value is -0.750. The van der Waals surface area contributed by atoms with E-state index < -0.39 is 0 Å². The first kappa shape index (κ1) is 19.6. The van der Waals surface area contributed by atoms with E-state index in [2.05, 4.69) is 52.0 Å². The van der Waals surface area contributed by atoms with Gasteiger partial charge in [0, 0.05) is 51.6 Å². The molecule has 0 amide bonds. The van der Waals surface area contributed by atoms with Gasteiger partial charge in [-0.15, -0.1) is 0 Å². The highest BCUT2D eigenvalue weighted by atomic mass is 32.2. The molecule has 1 saturated heterocycles. The Balaban J connectivity index is 1.60. The van der Waals surface area contributed by atoms with Crippen molar-refractivity contribution in [2.75, 3.05) is 57.1 Å². The number of unbranched alkanes of at least 4 members (excludes halogenated alkanes) is 2. The maximum atomic E-state index is 5.62. The Morgan fingerprint density at radius 1 is 1.04 bits per heavy atom. The fourth-order valence-electron chi connectivity index (χ4n) is 2.89. The van der Waals surface area contributed by atoms with Gasteiger partial charge < -0.3 is 15.0 Å². The lowest BCUT2D eigenvalue weighted by Crippen LogP contribution is -2.43. The lowest BCUT2D eigenvalue weighted by molar-refractivity contribution is 0.132. The summed E-state index contributed by atoms with van der Waals surface area (Å²) >= 11 is 1.85. The van der Waals surface area contributed by atoms with Crippen molar-refractivity contribution >= 4 is 17.6 Å². The van der Waals surface area contributed by atoms with E-state index in [0.29, 0.717) is 0 Å². The molecule has 1 aliphatic rings. The van der Waals surface area contributed by atoms with Crippen molar-refractivity contribution in [2.24, 2.45) is 0 Å². The van der Waals surface area contributed by atoms with E-state index in [9.17, 15) is 0 Å². The third-order valence-electron chi connectivity index (χ3n) is 4.44. The standard InChI is InChI=1S/C19H33N3OS/c1-3-4-5-15-23-16-10-20-17-18-6-8-19(9-7-18)21-11-13-22(24-2)14-12-21/h6-9,20H,3-5,10-17H2,1-2H3. The first-order valence-electron chi connectivity index (χ1n) is 9.25. The molecule has 24 heavy (non-hydrogen) atoms. The highest BCUT2D eigenvalue weighted by molar-refractivity contribution is 7.96. The number of hydrogen-bond donors (Lipinski definition) is 1. The van der Waals surface area contributed by atoms with Gasteiger partial charge in [0.1, 0.15) is 0 Å². The van der Waals surface area contributed by atoms with E-state index in [1.807, 2.05) is 11.9 Å². The highest BCUT2D eigenvalue weighted by Gasteiger charge is 2.16. The Morgan fingerprint density at radius 2 is 1.79 bits per heavy atom. The molecular formula is C19H33N3OS. The van der Waals surface area contributed by atoms with Gasteiger partial charge in [-0.1, -0.05) is 43.8 Å². The van der Waals surface area contributed by atoms with Crippen LogP contribution in [0.4, 0.5) is 5.69 Å². The van der Waals surface area contributed by atoms with Crippen LogP contribution in [0.1, 0.15) is 31.7 Å². The molecule has 4 nitrogen and oxygen atoms in total. The van der Waals surface area contributed by atoms with Gasteiger partial charge in [-0.3, -0.25) is 0 Å². The summed E-state index contributed by atoms with van der Waals surface area (Å²) in [5.41, 5.74) is 2.69. The van der Waals surface area contributed by atoms with Gasteiger partial charge in [0.05, 0.1) is 6.61 Å². The summed E-state index contributed by atoms with van der Waals surface area (Å²) in [6, 6.07) is 9.00. The molecule has 2 rings (SSSR count). The van der Waals surface area contributed by atoms with E-state index >= 15 is 0 Å². The topological polar surface area (TPSA) is 27.7 Å². The van der Waals surface area contributed by atoms with Gasteiger partial charge in [0.2, 0.25) is 0 Å². The van der Waals surface area contributed by atoms with E-state index in [4.69, 9.17) is 4.74 Å². The third-order valence-corrected chi connectivity index (χ3v) is 5.32. The van der Waals surface area contributed by atoms with Crippen LogP contribution in [0, 0.1) is 0 Å². The summed E-state index contributed by atoms with van der Waals surface area (Å²) in [7, 11) is 0. The molecule has 0 atom stereocenters. The minimum absolute atomic E-state index is 0.807. The molecule has 1 aromatic carbocycles. The van der Waals surface area contributed by atoms with Crippen molar-refractivity contribution in [1.29, 1.82) is 0 Å². The lowest BCUT2D eigenvalue weighted by atomic mass is 10.2. The van der Waals surface area contributed by atoms with Gasteiger partial charge in [-0.2, -0.15) is 0 Å². The summed E-state index contributed by atoms with van der Waals surface area (Å²) in [5, 5.41) is 3.46. The average molecular weight is 352 g/mol. The Bertz CT molecular complexity index is 433. The van der Waals surface area contributed by atoms with Gasteiger partial charge in [0.25, 0.3) is 0 Å². The summed E-state index contributed by atoms with van der Waals surface area (Å²) in [5.74, 6) is 0. The number of anilines is 1. The summed E-state index contributed by atoms with van der Waals surface area (Å²) in [6.07, 6.45) is 5.87. The molecule has 1 aromatic rings. The van der Waals surface area contributed by atoms with Gasteiger partial charge in [-0.05, 0) is 30.4 Å². The van der Waals surface area contributed by atoms with Gasteiger partial charge in [-0.25, -0.2) is 4.31 Å². The van der Waals surface area contributed by atoms with Crippen LogP contribution >= 0.6 is 11.9 Å². The molecule has 0 saturated carbocycles. The number of ether oxygens (including phenoxy) is 1. The number of benzene rings is 1. The van der Waals surface area contributed by atoms with Crippen molar-refractivity contribution in [1.82, 2.24) is 9.62 Å². The lowest BCUT2D eigenvalue weighted by Gasteiger charge is -2.34. The Morgan fingerprint density at radius 3 is 2.46 bits per heavy atom. The molecular weight excluding hydrogens is 318 g/mol.